The molecule has 28 heavy (non-hydrogen) atoms. The minimum absolute atomic E-state index is 0.589. The van der Waals surface area contributed by atoms with Gasteiger partial charge in [-0.25, -0.2) is 4.98 Å². The molecule has 3 aromatic rings. The van der Waals surface area contributed by atoms with Crippen LogP contribution in [0.3, 0.4) is 0 Å². The van der Waals surface area contributed by atoms with Crippen molar-refractivity contribution in [1.29, 1.82) is 0 Å². The predicted molar refractivity (Wildman–Crippen MR) is 116 cm³/mol. The normalized spacial score (nSPS) is 14.7. The summed E-state index contributed by atoms with van der Waals surface area (Å²) in [7, 11) is 2.17. The van der Waals surface area contributed by atoms with Crippen LogP contribution in [-0.2, 0) is 0 Å². The number of para-hydroxylation sites is 1. The Balaban J connectivity index is 1.45. The summed E-state index contributed by atoms with van der Waals surface area (Å²) in [5.41, 5.74) is 4.15. The summed E-state index contributed by atoms with van der Waals surface area (Å²) in [5, 5.41) is 6.64. The molecule has 0 amide bonds. The number of rotatable bonds is 5. The van der Waals surface area contributed by atoms with Crippen molar-refractivity contribution in [3.8, 4) is 0 Å². The molecule has 144 valence electrons. The van der Waals surface area contributed by atoms with Gasteiger partial charge in [0.25, 0.3) is 0 Å². The third kappa shape index (κ3) is 4.58. The highest BCUT2D eigenvalue weighted by molar-refractivity contribution is 5.62. The van der Waals surface area contributed by atoms with Crippen molar-refractivity contribution >= 4 is 28.8 Å². The number of nitrogens with one attached hydrogen (secondary N) is 2. The molecule has 4 rings (SSSR count). The fraction of sp³-hybridized carbons (Fsp3) is 0.273. The number of benzene rings is 2. The third-order valence-electron chi connectivity index (χ3n) is 4.89. The number of likely N-dealkylation sites (N-methyl/N-ethyl adjacent to an activating group) is 1. The lowest BCUT2D eigenvalue weighted by Gasteiger charge is -2.34. The van der Waals surface area contributed by atoms with Gasteiger partial charge in [-0.3, -0.25) is 0 Å². The van der Waals surface area contributed by atoms with E-state index in [1.165, 1.54) is 5.69 Å². The lowest BCUT2D eigenvalue weighted by molar-refractivity contribution is 0.313. The molecule has 6 nitrogen and oxygen atoms in total. The summed E-state index contributed by atoms with van der Waals surface area (Å²) < 4.78 is 0. The number of aryl methyl sites for hydroxylation is 1. The van der Waals surface area contributed by atoms with E-state index in [2.05, 4.69) is 61.7 Å². The van der Waals surface area contributed by atoms with Crippen molar-refractivity contribution in [2.75, 3.05) is 48.8 Å². The number of piperazine rings is 1. The molecular weight excluding hydrogens is 348 g/mol. The van der Waals surface area contributed by atoms with Crippen LogP contribution in [0.1, 0.15) is 5.69 Å². The molecule has 1 fully saturated rings. The quantitative estimate of drug-likeness (QED) is 0.703. The Morgan fingerprint density at radius 1 is 0.786 bits per heavy atom. The average molecular weight is 374 g/mol. The van der Waals surface area contributed by atoms with Crippen LogP contribution in [0.25, 0.3) is 0 Å². The molecule has 0 bridgehead atoms. The van der Waals surface area contributed by atoms with Crippen molar-refractivity contribution < 1.29 is 0 Å². The highest BCUT2D eigenvalue weighted by Crippen LogP contribution is 2.22. The standard InChI is InChI=1S/C22H26N6/c1-17-16-21(24-18-6-4-3-5-7-18)26-22(23-17)25-19-8-10-20(11-9-19)28-14-12-27(2)13-15-28/h3-11,16H,12-15H2,1-2H3,(H2,23,24,25,26). The van der Waals surface area contributed by atoms with Gasteiger partial charge in [0.05, 0.1) is 0 Å². The molecule has 0 radical (unpaired) electrons. The average Bonchev–Trinajstić information content (AvgIpc) is 2.70. The van der Waals surface area contributed by atoms with Gasteiger partial charge in [-0.2, -0.15) is 4.98 Å². The summed E-state index contributed by atoms with van der Waals surface area (Å²) in [6.45, 7) is 6.32. The van der Waals surface area contributed by atoms with E-state index < -0.39 is 0 Å². The van der Waals surface area contributed by atoms with Gasteiger partial charge in [-0.1, -0.05) is 18.2 Å². The van der Waals surface area contributed by atoms with Crippen molar-refractivity contribution in [1.82, 2.24) is 14.9 Å². The van der Waals surface area contributed by atoms with E-state index in [0.717, 1.165) is 49.1 Å². The second-order valence-electron chi connectivity index (χ2n) is 7.17. The molecule has 2 aromatic carbocycles. The van der Waals surface area contributed by atoms with E-state index in [9.17, 15) is 0 Å². The summed E-state index contributed by atoms with van der Waals surface area (Å²) in [6.07, 6.45) is 0. The van der Waals surface area contributed by atoms with Gasteiger partial charge in [0, 0.05) is 55.0 Å². The molecule has 0 atom stereocenters. The number of aromatic nitrogens is 2. The molecule has 0 unspecified atom stereocenters. The van der Waals surface area contributed by atoms with Crippen LogP contribution >= 0.6 is 0 Å². The van der Waals surface area contributed by atoms with Crippen LogP contribution < -0.4 is 15.5 Å². The van der Waals surface area contributed by atoms with Crippen LogP contribution in [0.5, 0.6) is 0 Å². The Kier molecular flexibility index (Phi) is 5.39. The van der Waals surface area contributed by atoms with Crippen molar-refractivity contribution in [3.05, 3.63) is 66.4 Å². The van der Waals surface area contributed by atoms with Crippen LogP contribution in [0, 0.1) is 6.92 Å². The van der Waals surface area contributed by atoms with Gasteiger partial charge in [0.1, 0.15) is 5.82 Å². The molecule has 0 saturated carbocycles. The first-order valence-electron chi connectivity index (χ1n) is 9.64. The maximum absolute atomic E-state index is 4.60. The predicted octanol–water partition coefficient (Wildman–Crippen LogP) is 4.02. The van der Waals surface area contributed by atoms with Crippen LogP contribution in [0.2, 0.25) is 0 Å². The third-order valence-corrected chi connectivity index (χ3v) is 4.89. The first kappa shape index (κ1) is 18.3. The Morgan fingerprint density at radius 3 is 2.18 bits per heavy atom. The molecule has 1 saturated heterocycles. The molecule has 2 N–H and O–H groups in total. The lowest BCUT2D eigenvalue weighted by atomic mass is 10.2. The highest BCUT2D eigenvalue weighted by atomic mass is 15.2. The van der Waals surface area contributed by atoms with E-state index in [1.54, 1.807) is 0 Å². The molecule has 1 aliphatic rings. The summed E-state index contributed by atoms with van der Waals surface area (Å²) >= 11 is 0. The topological polar surface area (TPSA) is 56.3 Å². The zero-order valence-electron chi connectivity index (χ0n) is 16.4. The minimum atomic E-state index is 0.589. The van der Waals surface area contributed by atoms with Gasteiger partial charge < -0.3 is 20.4 Å². The van der Waals surface area contributed by atoms with Gasteiger partial charge in [-0.05, 0) is 50.4 Å². The second-order valence-corrected chi connectivity index (χ2v) is 7.17. The van der Waals surface area contributed by atoms with Gasteiger partial charge in [0.2, 0.25) is 5.95 Å². The molecule has 1 aromatic heterocycles. The molecule has 2 heterocycles. The second kappa shape index (κ2) is 8.27. The van der Waals surface area contributed by atoms with Crippen LogP contribution in [-0.4, -0.2) is 48.1 Å². The molecule has 1 aliphatic heterocycles. The molecule has 0 aliphatic carbocycles. The van der Waals surface area contributed by atoms with E-state index in [4.69, 9.17) is 0 Å². The van der Waals surface area contributed by atoms with Crippen molar-refractivity contribution in [2.45, 2.75) is 6.92 Å². The van der Waals surface area contributed by atoms with Crippen LogP contribution in [0.4, 0.5) is 28.8 Å². The molecular formula is C22H26N6. The van der Waals surface area contributed by atoms with Gasteiger partial charge in [0.15, 0.2) is 0 Å². The van der Waals surface area contributed by atoms with Gasteiger partial charge in [-0.15, -0.1) is 0 Å². The summed E-state index contributed by atoms with van der Waals surface area (Å²) in [6, 6.07) is 20.5. The minimum Gasteiger partial charge on any atom is -0.369 e. The lowest BCUT2D eigenvalue weighted by Crippen LogP contribution is -2.44. The number of hydrogen-bond acceptors (Lipinski definition) is 6. The zero-order valence-corrected chi connectivity index (χ0v) is 16.4. The number of hydrogen-bond donors (Lipinski definition) is 2. The molecule has 6 heteroatoms. The Bertz CT molecular complexity index is 902. The van der Waals surface area contributed by atoms with E-state index in [-0.39, 0.29) is 0 Å². The first-order chi connectivity index (χ1) is 13.7. The van der Waals surface area contributed by atoms with E-state index in [0.29, 0.717) is 5.95 Å². The largest absolute Gasteiger partial charge is 0.369 e. The summed E-state index contributed by atoms with van der Waals surface area (Å²) in [4.78, 5) is 13.9. The Morgan fingerprint density at radius 2 is 1.46 bits per heavy atom. The molecule has 0 spiro atoms. The van der Waals surface area contributed by atoms with Crippen molar-refractivity contribution in [2.24, 2.45) is 0 Å². The summed E-state index contributed by atoms with van der Waals surface area (Å²) in [5.74, 6) is 1.36. The fourth-order valence-corrected chi connectivity index (χ4v) is 3.31. The zero-order chi connectivity index (χ0) is 19.3. The monoisotopic (exact) mass is 374 g/mol. The SMILES string of the molecule is Cc1cc(Nc2ccccc2)nc(Nc2ccc(N3CCN(C)CC3)cc2)n1. The highest BCUT2D eigenvalue weighted by Gasteiger charge is 2.14. The maximum atomic E-state index is 4.60. The first-order valence-corrected chi connectivity index (χ1v) is 9.64. The van der Waals surface area contributed by atoms with Crippen LogP contribution in [0.15, 0.2) is 60.7 Å². The smallest absolute Gasteiger partial charge is 0.229 e. The number of nitrogens with zero attached hydrogens (tertiary/aromatic N) is 4. The fourth-order valence-electron chi connectivity index (χ4n) is 3.31. The van der Waals surface area contributed by atoms with Gasteiger partial charge >= 0.3 is 0 Å². The maximum Gasteiger partial charge on any atom is 0.229 e. The Labute approximate surface area is 166 Å². The van der Waals surface area contributed by atoms with Crippen molar-refractivity contribution in [3.63, 3.8) is 0 Å². The Hall–Kier alpha value is -3.12. The number of anilines is 5. The van der Waals surface area contributed by atoms with E-state index in [1.807, 2.05) is 43.3 Å². The van der Waals surface area contributed by atoms with E-state index >= 15 is 0 Å².